The maximum Gasteiger partial charge on any atom is 0.244 e. The van der Waals surface area contributed by atoms with Crippen LogP contribution in [0.1, 0.15) is 13.3 Å². The van der Waals surface area contributed by atoms with Gasteiger partial charge in [-0.1, -0.05) is 6.92 Å². The number of hydrogen-bond donors (Lipinski definition) is 3. The molecular formula is C5H11N5. The number of rotatable bonds is 1. The van der Waals surface area contributed by atoms with Crippen LogP contribution < -0.4 is 11.5 Å². The number of hydrogen-bond acceptors (Lipinski definition) is 1. The Morgan fingerprint density at radius 2 is 2.20 bits per heavy atom. The lowest BCUT2D eigenvalue weighted by Crippen LogP contribution is -2.23. The second-order valence-corrected chi connectivity index (χ2v) is 1.58. The third-order valence-corrected chi connectivity index (χ3v) is 0.631. The molecule has 0 spiro atoms. The highest BCUT2D eigenvalue weighted by atomic mass is 15.1. The van der Waals surface area contributed by atoms with Crippen LogP contribution in [0.3, 0.4) is 0 Å². The zero-order valence-corrected chi connectivity index (χ0v) is 5.83. The fourth-order valence-electron chi connectivity index (χ4n) is 0.329. The Morgan fingerprint density at radius 1 is 1.60 bits per heavy atom. The van der Waals surface area contributed by atoms with E-state index in [4.69, 9.17) is 16.9 Å². The third-order valence-electron chi connectivity index (χ3n) is 0.631. The summed E-state index contributed by atoms with van der Waals surface area (Å²) >= 11 is 0. The maximum absolute atomic E-state index is 6.98. The molecule has 0 aromatic rings. The van der Waals surface area contributed by atoms with Crippen molar-refractivity contribution in [2.45, 2.75) is 13.3 Å². The first-order chi connectivity index (χ1) is 4.66. The minimum Gasteiger partial charge on any atom is -0.370 e. The van der Waals surface area contributed by atoms with Gasteiger partial charge in [-0.25, -0.2) is 4.99 Å². The summed E-state index contributed by atoms with van der Waals surface area (Å²) in [5.74, 6) is -0.305. The molecule has 0 atom stereocenters. The van der Waals surface area contributed by atoms with E-state index in [1.54, 1.807) is 6.21 Å². The number of nitrogens with zero attached hydrogens (tertiary/aromatic N) is 2. The van der Waals surface area contributed by atoms with Gasteiger partial charge in [-0.05, 0) is 6.42 Å². The van der Waals surface area contributed by atoms with Crippen LogP contribution in [0, 0.1) is 5.41 Å². The predicted molar refractivity (Wildman–Crippen MR) is 42.3 cm³/mol. The molecule has 0 bridgehead atoms. The summed E-state index contributed by atoms with van der Waals surface area (Å²) < 4.78 is 0. The van der Waals surface area contributed by atoms with Crippen LogP contribution >= 0.6 is 0 Å². The Balaban J connectivity index is 3.87. The normalized spacial score (nSPS) is 9.70. The van der Waals surface area contributed by atoms with Gasteiger partial charge in [-0.15, -0.1) is 0 Å². The van der Waals surface area contributed by atoms with Crippen LogP contribution in [0.4, 0.5) is 0 Å². The molecule has 0 aliphatic heterocycles. The summed E-state index contributed by atoms with van der Waals surface area (Å²) in [5, 5.41) is 6.98. The molecule has 10 heavy (non-hydrogen) atoms. The summed E-state index contributed by atoms with van der Waals surface area (Å²) in [6.07, 6.45) is 2.33. The van der Waals surface area contributed by atoms with Gasteiger partial charge in [0.05, 0.1) is 0 Å². The van der Waals surface area contributed by atoms with Gasteiger partial charge in [0.2, 0.25) is 5.96 Å². The number of nitrogens with one attached hydrogen (secondary N) is 1. The van der Waals surface area contributed by atoms with E-state index in [-0.39, 0.29) is 11.9 Å². The van der Waals surface area contributed by atoms with E-state index in [1.807, 2.05) is 6.92 Å². The van der Waals surface area contributed by atoms with Gasteiger partial charge in [0, 0.05) is 6.21 Å². The molecule has 5 N–H and O–H groups in total. The van der Waals surface area contributed by atoms with E-state index < -0.39 is 0 Å². The van der Waals surface area contributed by atoms with Crippen LogP contribution in [0.15, 0.2) is 9.98 Å². The van der Waals surface area contributed by atoms with E-state index in [1.165, 1.54) is 0 Å². The van der Waals surface area contributed by atoms with Crippen molar-refractivity contribution in [1.82, 2.24) is 0 Å². The van der Waals surface area contributed by atoms with Crippen molar-refractivity contribution >= 4 is 18.1 Å². The lowest BCUT2D eigenvalue weighted by Gasteiger charge is -1.87. The zero-order valence-electron chi connectivity index (χ0n) is 5.83. The average Bonchev–Trinajstić information content (AvgIpc) is 1.82. The molecule has 0 unspecified atom stereocenters. The lowest BCUT2D eigenvalue weighted by molar-refractivity contribution is 1.29. The molecule has 5 heteroatoms. The van der Waals surface area contributed by atoms with Gasteiger partial charge in [-0.3, -0.25) is 5.41 Å². The Hall–Kier alpha value is -1.39. The van der Waals surface area contributed by atoms with E-state index in [9.17, 15) is 0 Å². The molecular weight excluding hydrogens is 130 g/mol. The van der Waals surface area contributed by atoms with E-state index >= 15 is 0 Å². The maximum atomic E-state index is 6.98. The third kappa shape index (κ3) is 4.76. The smallest absolute Gasteiger partial charge is 0.244 e. The van der Waals surface area contributed by atoms with Crippen molar-refractivity contribution in [2.24, 2.45) is 21.5 Å². The quantitative estimate of drug-likeness (QED) is 0.344. The van der Waals surface area contributed by atoms with Crippen LogP contribution in [0.25, 0.3) is 0 Å². The van der Waals surface area contributed by atoms with Gasteiger partial charge in [-0.2, -0.15) is 4.99 Å². The summed E-state index contributed by atoms with van der Waals surface area (Å²) in [4.78, 5) is 6.97. The average molecular weight is 141 g/mol. The topological polar surface area (TPSA) is 101 Å². The molecule has 0 radical (unpaired) electrons. The van der Waals surface area contributed by atoms with Crippen molar-refractivity contribution in [3.8, 4) is 0 Å². The van der Waals surface area contributed by atoms with Crippen LogP contribution in [0.2, 0.25) is 0 Å². The van der Waals surface area contributed by atoms with Crippen molar-refractivity contribution in [3.05, 3.63) is 0 Å². The monoisotopic (exact) mass is 141 g/mol. The Morgan fingerprint density at radius 3 is 2.60 bits per heavy atom. The molecule has 0 aromatic carbocycles. The first-order valence-electron chi connectivity index (χ1n) is 2.87. The fraction of sp³-hybridized carbons (Fsp3) is 0.400. The first kappa shape index (κ1) is 8.61. The van der Waals surface area contributed by atoms with Crippen LogP contribution in [-0.2, 0) is 0 Å². The van der Waals surface area contributed by atoms with Gasteiger partial charge in [0.1, 0.15) is 0 Å². The van der Waals surface area contributed by atoms with Crippen LogP contribution in [-0.4, -0.2) is 18.1 Å². The van der Waals surface area contributed by atoms with Crippen LogP contribution in [0.5, 0.6) is 0 Å². The second-order valence-electron chi connectivity index (χ2n) is 1.58. The highest BCUT2D eigenvalue weighted by molar-refractivity contribution is 5.95. The summed E-state index contributed by atoms with van der Waals surface area (Å²) in [5.41, 5.74) is 9.96. The SMILES string of the molecule is CCC=NC(=N)N=C(N)N. The van der Waals surface area contributed by atoms with Gasteiger partial charge in [0.25, 0.3) is 0 Å². The van der Waals surface area contributed by atoms with E-state index in [0.717, 1.165) is 6.42 Å². The first-order valence-corrected chi connectivity index (χ1v) is 2.87. The minimum absolute atomic E-state index is 0.141. The van der Waals surface area contributed by atoms with Crippen molar-refractivity contribution < 1.29 is 0 Å². The number of guanidine groups is 2. The van der Waals surface area contributed by atoms with Crippen molar-refractivity contribution in [1.29, 1.82) is 5.41 Å². The molecule has 0 rings (SSSR count). The number of nitrogens with two attached hydrogens (primary N) is 2. The van der Waals surface area contributed by atoms with Crippen molar-refractivity contribution in [2.75, 3.05) is 0 Å². The molecule has 0 amide bonds. The highest BCUT2D eigenvalue weighted by Gasteiger charge is 1.85. The molecule has 0 fully saturated rings. The molecule has 0 heterocycles. The second kappa shape index (κ2) is 4.49. The van der Waals surface area contributed by atoms with Gasteiger partial charge < -0.3 is 11.5 Å². The molecule has 0 saturated carbocycles. The molecule has 0 saturated heterocycles. The van der Waals surface area contributed by atoms with Gasteiger partial charge >= 0.3 is 0 Å². The van der Waals surface area contributed by atoms with Crippen molar-refractivity contribution in [3.63, 3.8) is 0 Å². The number of aliphatic imine (C=N–C) groups is 2. The molecule has 0 aliphatic carbocycles. The summed E-state index contributed by atoms with van der Waals surface area (Å²) in [6.45, 7) is 1.91. The lowest BCUT2D eigenvalue weighted by atomic mass is 10.5. The molecule has 0 aliphatic rings. The molecule has 0 aromatic heterocycles. The Kier molecular flexibility index (Phi) is 3.86. The predicted octanol–water partition coefficient (Wildman–Crippen LogP) is -0.325. The summed E-state index contributed by atoms with van der Waals surface area (Å²) in [6, 6.07) is 0. The standard InChI is InChI=1S/C5H11N5/c1-2-3-9-5(8)10-4(6)7/h3H,2H2,1H3,(H5,6,7,8,10). The zero-order chi connectivity index (χ0) is 7.98. The minimum atomic E-state index is -0.165. The largest absolute Gasteiger partial charge is 0.370 e. The molecule has 56 valence electrons. The highest BCUT2D eigenvalue weighted by Crippen LogP contribution is 1.77. The van der Waals surface area contributed by atoms with E-state index in [0.29, 0.717) is 0 Å². The Labute approximate surface area is 59.4 Å². The summed E-state index contributed by atoms with van der Waals surface area (Å²) in [7, 11) is 0. The Bertz CT molecular complexity index is 165. The molecule has 5 nitrogen and oxygen atoms in total. The van der Waals surface area contributed by atoms with Gasteiger partial charge in [0.15, 0.2) is 5.96 Å². The van der Waals surface area contributed by atoms with E-state index in [2.05, 4.69) is 9.98 Å². The fourth-order valence-corrected chi connectivity index (χ4v) is 0.329.